The van der Waals surface area contributed by atoms with Crippen molar-refractivity contribution in [2.75, 3.05) is 24.7 Å². The van der Waals surface area contributed by atoms with E-state index in [2.05, 4.69) is 27.3 Å². The maximum atomic E-state index is 14.3. The first kappa shape index (κ1) is 24.9. The minimum atomic E-state index is -1.30. The van der Waals surface area contributed by atoms with Crippen LogP contribution in [0.15, 0.2) is 67.5 Å². The summed E-state index contributed by atoms with van der Waals surface area (Å²) in [5.41, 5.74) is 9.53. The minimum Gasteiger partial charge on any atom is -0.480 e. The molecule has 0 saturated heterocycles. The number of hydrogen-bond acceptors (Lipinski definition) is 6. The molecule has 0 aliphatic heterocycles. The van der Waals surface area contributed by atoms with Gasteiger partial charge in [0.2, 0.25) is 11.8 Å². The number of halogens is 1. The fourth-order valence-corrected chi connectivity index (χ4v) is 4.60. The highest BCUT2D eigenvalue weighted by molar-refractivity contribution is 6.03. The summed E-state index contributed by atoms with van der Waals surface area (Å²) in [5.74, 6) is 0.0553. The summed E-state index contributed by atoms with van der Waals surface area (Å²) < 4.78 is 21.7. The van der Waals surface area contributed by atoms with Crippen LogP contribution in [0.5, 0.6) is 5.88 Å². The van der Waals surface area contributed by atoms with E-state index in [0.717, 1.165) is 17.5 Å². The average molecular weight is 515 g/mol. The Morgan fingerprint density at radius 2 is 1.79 bits per heavy atom. The maximum absolute atomic E-state index is 14.3. The van der Waals surface area contributed by atoms with E-state index in [4.69, 9.17) is 10.5 Å². The van der Waals surface area contributed by atoms with Crippen LogP contribution in [0.4, 0.5) is 15.9 Å². The molecule has 0 spiro atoms. The van der Waals surface area contributed by atoms with Gasteiger partial charge in [0.15, 0.2) is 5.82 Å². The molecule has 2 amide bonds. The van der Waals surface area contributed by atoms with Crippen LogP contribution in [0.2, 0.25) is 0 Å². The number of nitrogens with two attached hydrogens (primary N) is 1. The van der Waals surface area contributed by atoms with Crippen molar-refractivity contribution in [3.63, 3.8) is 0 Å². The zero-order valence-electron chi connectivity index (χ0n) is 20.8. The third-order valence-electron chi connectivity index (χ3n) is 6.78. The van der Waals surface area contributed by atoms with Crippen molar-refractivity contribution in [3.05, 3.63) is 73.1 Å². The predicted molar refractivity (Wildman–Crippen MR) is 144 cm³/mol. The molecule has 5 rings (SSSR count). The van der Waals surface area contributed by atoms with Crippen LogP contribution in [-0.2, 0) is 4.79 Å². The summed E-state index contributed by atoms with van der Waals surface area (Å²) in [4.78, 5) is 28.5. The number of hydrogen-bond donors (Lipinski definition) is 3. The summed E-state index contributed by atoms with van der Waals surface area (Å²) in [7, 11) is 1.54. The van der Waals surface area contributed by atoms with E-state index in [1.165, 1.54) is 12.4 Å². The number of amides is 2. The molecule has 1 aliphatic rings. The number of nitrogen functional groups attached to an aromatic ring is 1. The molecule has 4 N–H and O–H groups in total. The number of nitrogens with one attached hydrogen (secondary N) is 2. The Morgan fingerprint density at radius 3 is 2.39 bits per heavy atom. The van der Waals surface area contributed by atoms with Crippen LogP contribution in [-0.4, -0.2) is 45.7 Å². The van der Waals surface area contributed by atoms with Crippen molar-refractivity contribution >= 4 is 28.8 Å². The van der Waals surface area contributed by atoms with E-state index in [0.29, 0.717) is 46.6 Å². The lowest BCUT2D eigenvalue weighted by Gasteiger charge is -2.33. The number of fused-ring (bicyclic) bond motifs is 1. The van der Waals surface area contributed by atoms with Crippen LogP contribution in [0.3, 0.4) is 0 Å². The summed E-state index contributed by atoms with van der Waals surface area (Å²) >= 11 is 0. The first-order chi connectivity index (χ1) is 18.3. The first-order valence-electron chi connectivity index (χ1n) is 12.1. The van der Waals surface area contributed by atoms with E-state index in [9.17, 15) is 14.0 Å². The Balaban J connectivity index is 1.55. The topological polar surface area (TPSA) is 124 Å². The molecule has 2 aromatic heterocycles. The number of ether oxygens (including phenoxy) is 1. The summed E-state index contributed by atoms with van der Waals surface area (Å²) in [6, 6.07) is 14.2. The molecule has 2 aromatic carbocycles. The lowest BCUT2D eigenvalue weighted by molar-refractivity contribution is -0.111. The fourth-order valence-electron chi connectivity index (χ4n) is 4.60. The second kappa shape index (κ2) is 9.97. The highest BCUT2D eigenvalue weighted by Crippen LogP contribution is 2.45. The standard InChI is InChI=1S/C28H27FN6O3/c1-3-21(36)34-20-11-9-18(10-12-20)23-22(24-25(30)32-16-33-35(24)27(23)38-2)17-5-7-19(8-6-17)26(37)31-15-28(29)13-4-14-28/h3,5-12,16H,1,4,13-15H2,2H3,(H,31,37)(H,34,36)(H2,30,32,33). The SMILES string of the molecule is C=CC(=O)Nc1ccc(-c2c(-c3ccc(C(=O)NCC4(F)CCC4)cc3)c3c(N)ncnn3c2OC)cc1. The van der Waals surface area contributed by atoms with Gasteiger partial charge in [-0.2, -0.15) is 9.61 Å². The average Bonchev–Trinajstić information content (AvgIpc) is 3.26. The molecule has 1 aliphatic carbocycles. The van der Waals surface area contributed by atoms with Crippen molar-refractivity contribution in [1.82, 2.24) is 19.9 Å². The third-order valence-corrected chi connectivity index (χ3v) is 6.78. The molecule has 38 heavy (non-hydrogen) atoms. The lowest BCUT2D eigenvalue weighted by atomic mass is 9.82. The molecule has 0 radical (unpaired) electrons. The quantitative estimate of drug-likeness (QED) is 0.300. The number of alkyl halides is 1. The number of benzene rings is 2. The van der Waals surface area contributed by atoms with Gasteiger partial charge < -0.3 is 21.1 Å². The number of nitrogens with zero attached hydrogens (tertiary/aromatic N) is 3. The number of methoxy groups -OCH3 is 1. The highest BCUT2D eigenvalue weighted by atomic mass is 19.1. The zero-order chi connectivity index (χ0) is 26.9. The van der Waals surface area contributed by atoms with E-state index in [1.807, 2.05) is 12.1 Å². The molecule has 0 unspecified atom stereocenters. The molecular formula is C28H27FN6O3. The van der Waals surface area contributed by atoms with Gasteiger partial charge in [0.05, 0.1) is 19.2 Å². The zero-order valence-corrected chi connectivity index (χ0v) is 20.8. The molecule has 4 aromatic rings. The number of aromatic nitrogens is 3. The third kappa shape index (κ3) is 4.56. The van der Waals surface area contributed by atoms with Crippen LogP contribution in [0.25, 0.3) is 27.8 Å². The smallest absolute Gasteiger partial charge is 0.251 e. The van der Waals surface area contributed by atoms with E-state index >= 15 is 0 Å². The van der Waals surface area contributed by atoms with Gasteiger partial charge in [-0.25, -0.2) is 9.37 Å². The molecule has 194 valence electrons. The van der Waals surface area contributed by atoms with Crippen LogP contribution < -0.4 is 21.1 Å². The van der Waals surface area contributed by atoms with Gasteiger partial charge >= 0.3 is 0 Å². The van der Waals surface area contributed by atoms with Gasteiger partial charge in [-0.15, -0.1) is 0 Å². The lowest BCUT2D eigenvalue weighted by Crippen LogP contribution is -2.44. The number of carbonyl (C=O) groups is 2. The number of rotatable bonds is 8. The Morgan fingerprint density at radius 1 is 1.13 bits per heavy atom. The Kier molecular flexibility index (Phi) is 6.54. The van der Waals surface area contributed by atoms with Gasteiger partial charge in [0, 0.05) is 16.8 Å². The van der Waals surface area contributed by atoms with Crippen molar-refractivity contribution in [1.29, 1.82) is 0 Å². The monoisotopic (exact) mass is 514 g/mol. The van der Waals surface area contributed by atoms with E-state index in [-0.39, 0.29) is 24.2 Å². The van der Waals surface area contributed by atoms with Crippen molar-refractivity contribution in [2.24, 2.45) is 0 Å². The Hall–Kier alpha value is -4.73. The van der Waals surface area contributed by atoms with Crippen molar-refractivity contribution in [2.45, 2.75) is 24.9 Å². The maximum Gasteiger partial charge on any atom is 0.251 e. The summed E-state index contributed by atoms with van der Waals surface area (Å²) in [5, 5.41) is 9.78. The van der Waals surface area contributed by atoms with Gasteiger partial charge in [-0.05, 0) is 60.7 Å². The van der Waals surface area contributed by atoms with Gasteiger partial charge in [-0.1, -0.05) is 30.8 Å². The molecule has 1 saturated carbocycles. The number of carbonyl (C=O) groups excluding carboxylic acids is 2. The van der Waals surface area contributed by atoms with Crippen LogP contribution in [0.1, 0.15) is 29.6 Å². The van der Waals surface area contributed by atoms with Gasteiger partial charge in [0.1, 0.15) is 17.5 Å². The van der Waals surface area contributed by atoms with E-state index in [1.54, 1.807) is 48.0 Å². The Bertz CT molecular complexity index is 1530. The fraction of sp³-hybridized carbons (Fsp3) is 0.214. The predicted octanol–water partition coefficient (Wildman–Crippen LogP) is 4.40. The molecule has 1 fully saturated rings. The number of anilines is 2. The summed E-state index contributed by atoms with van der Waals surface area (Å²) in [6.07, 6.45) is 4.34. The molecule has 9 nitrogen and oxygen atoms in total. The van der Waals surface area contributed by atoms with Crippen molar-refractivity contribution in [3.8, 4) is 28.1 Å². The van der Waals surface area contributed by atoms with Gasteiger partial charge in [-0.3, -0.25) is 9.59 Å². The molecular weight excluding hydrogens is 487 g/mol. The largest absolute Gasteiger partial charge is 0.480 e. The highest BCUT2D eigenvalue weighted by Gasteiger charge is 2.37. The second-order valence-electron chi connectivity index (χ2n) is 9.20. The minimum absolute atomic E-state index is 0.0101. The second-order valence-corrected chi connectivity index (χ2v) is 9.20. The van der Waals surface area contributed by atoms with Crippen LogP contribution >= 0.6 is 0 Å². The Labute approximate surface area is 218 Å². The van der Waals surface area contributed by atoms with Gasteiger partial charge in [0.25, 0.3) is 5.91 Å². The van der Waals surface area contributed by atoms with Crippen molar-refractivity contribution < 1.29 is 18.7 Å². The first-order valence-corrected chi connectivity index (χ1v) is 12.1. The normalized spacial score (nSPS) is 13.9. The summed E-state index contributed by atoms with van der Waals surface area (Å²) in [6.45, 7) is 3.48. The molecule has 2 heterocycles. The molecule has 10 heteroatoms. The molecule has 0 atom stereocenters. The van der Waals surface area contributed by atoms with Crippen LogP contribution in [0, 0.1) is 0 Å². The molecule has 0 bridgehead atoms. The van der Waals surface area contributed by atoms with E-state index < -0.39 is 5.67 Å².